The normalized spacial score (nSPS) is 17.0. The number of carbonyl (C=O) groups excluding carboxylic acids is 1. The van der Waals surface area contributed by atoms with Crippen LogP contribution in [0.1, 0.15) is 67.6 Å². The van der Waals surface area contributed by atoms with E-state index in [9.17, 15) is 25.2 Å². The van der Waals surface area contributed by atoms with E-state index in [-0.39, 0.29) is 46.7 Å². The van der Waals surface area contributed by atoms with Gasteiger partial charge in [0.05, 0.1) is 12.0 Å². The van der Waals surface area contributed by atoms with E-state index in [4.69, 9.17) is 4.74 Å². The minimum Gasteiger partial charge on any atom is -0.508 e. The van der Waals surface area contributed by atoms with E-state index >= 15 is 0 Å². The molecule has 0 unspecified atom stereocenters. The molecule has 0 saturated carbocycles. The van der Waals surface area contributed by atoms with Crippen molar-refractivity contribution in [1.29, 1.82) is 0 Å². The molecule has 31 heavy (non-hydrogen) atoms. The van der Waals surface area contributed by atoms with Gasteiger partial charge < -0.3 is 25.2 Å². The molecule has 0 fully saturated rings. The van der Waals surface area contributed by atoms with E-state index in [1.807, 2.05) is 6.92 Å². The van der Waals surface area contributed by atoms with Crippen molar-refractivity contribution in [2.75, 3.05) is 0 Å². The summed E-state index contributed by atoms with van der Waals surface area (Å²) in [5, 5.41) is 41.3. The number of aliphatic hydroxyl groups is 1. The summed E-state index contributed by atoms with van der Waals surface area (Å²) >= 11 is 0. The molecule has 6 heteroatoms. The predicted octanol–water partition coefficient (Wildman–Crippen LogP) is 4.80. The fourth-order valence-corrected chi connectivity index (χ4v) is 3.95. The number of ketones is 1. The van der Waals surface area contributed by atoms with Crippen molar-refractivity contribution in [3.63, 3.8) is 0 Å². The van der Waals surface area contributed by atoms with Gasteiger partial charge in [-0.25, -0.2) is 0 Å². The van der Waals surface area contributed by atoms with E-state index < -0.39 is 11.7 Å². The molecule has 0 amide bonds. The largest absolute Gasteiger partial charge is 0.508 e. The van der Waals surface area contributed by atoms with E-state index in [0.717, 1.165) is 5.57 Å². The summed E-state index contributed by atoms with van der Waals surface area (Å²) in [6.07, 6.45) is 0.725. The van der Waals surface area contributed by atoms with Gasteiger partial charge in [-0.2, -0.15) is 0 Å². The Morgan fingerprint density at radius 3 is 2.48 bits per heavy atom. The van der Waals surface area contributed by atoms with Gasteiger partial charge in [-0.1, -0.05) is 30.4 Å². The maximum Gasteiger partial charge on any atom is 0.174 e. The summed E-state index contributed by atoms with van der Waals surface area (Å²) in [7, 11) is 0. The number of Topliss-reactive ketones (excluding diaryl/α,β-unsaturated/α-hetero) is 1. The predicted molar refractivity (Wildman–Crippen MR) is 118 cm³/mol. The molecule has 0 saturated heterocycles. The van der Waals surface area contributed by atoms with Crippen LogP contribution in [0.3, 0.4) is 0 Å². The van der Waals surface area contributed by atoms with Crippen molar-refractivity contribution in [2.45, 2.75) is 58.2 Å². The van der Waals surface area contributed by atoms with Gasteiger partial charge in [0.25, 0.3) is 0 Å². The molecule has 2 aromatic carbocycles. The number of aromatic hydroxyl groups is 3. The Hall–Kier alpha value is -2.99. The highest BCUT2D eigenvalue weighted by Crippen LogP contribution is 2.47. The van der Waals surface area contributed by atoms with Crippen LogP contribution in [0.4, 0.5) is 0 Å². The molecule has 1 aliphatic heterocycles. The summed E-state index contributed by atoms with van der Waals surface area (Å²) in [4.78, 5) is 12.9. The van der Waals surface area contributed by atoms with Gasteiger partial charge in [0.15, 0.2) is 5.78 Å². The minimum absolute atomic E-state index is 0.0136. The fraction of sp³-hybridized carbons (Fsp3) is 0.400. The van der Waals surface area contributed by atoms with Gasteiger partial charge in [-0.05, 0) is 52.0 Å². The smallest absolute Gasteiger partial charge is 0.174 e. The highest BCUT2D eigenvalue weighted by Gasteiger charge is 2.35. The lowest BCUT2D eigenvalue weighted by atomic mass is 9.84. The summed E-state index contributed by atoms with van der Waals surface area (Å²) in [5.74, 6) is -0.750. The number of allylic oxidation sites excluding steroid dienone is 1. The monoisotopic (exact) mass is 426 g/mol. The van der Waals surface area contributed by atoms with Crippen LogP contribution in [-0.4, -0.2) is 31.8 Å². The second-order valence-corrected chi connectivity index (χ2v) is 8.99. The molecule has 0 radical (unpaired) electrons. The zero-order valence-corrected chi connectivity index (χ0v) is 18.2. The molecule has 0 aliphatic carbocycles. The Kier molecular flexibility index (Phi) is 6.32. The summed E-state index contributed by atoms with van der Waals surface area (Å²) in [6, 6.07) is 7.79. The Labute approximate surface area is 182 Å². The molecule has 6 nitrogen and oxygen atoms in total. The van der Waals surface area contributed by atoms with Crippen molar-refractivity contribution in [3.05, 3.63) is 59.2 Å². The van der Waals surface area contributed by atoms with Crippen LogP contribution in [0.15, 0.2) is 42.5 Å². The number of hydrogen-bond acceptors (Lipinski definition) is 6. The number of carbonyl (C=O) groups is 1. The summed E-state index contributed by atoms with van der Waals surface area (Å²) in [6.45, 7) is 9.41. The molecule has 166 valence electrons. The highest BCUT2D eigenvalue weighted by molar-refractivity contribution is 6.03. The van der Waals surface area contributed by atoms with Crippen LogP contribution in [0.2, 0.25) is 0 Å². The molecule has 1 heterocycles. The summed E-state index contributed by atoms with van der Waals surface area (Å²) in [5.41, 5.74) is 0.957. The second kappa shape index (κ2) is 8.63. The lowest BCUT2D eigenvalue weighted by molar-refractivity contribution is 0.0650. The Morgan fingerprint density at radius 2 is 1.87 bits per heavy atom. The molecular weight excluding hydrogens is 396 g/mol. The first-order chi connectivity index (χ1) is 14.5. The Morgan fingerprint density at radius 1 is 1.19 bits per heavy atom. The standard InChI is InChI=1S/C25H30O6/c1-14(2)15(9-10-25(3,4)30)11-17-19(27)12-20(28)23-21(29)13-22(31-24(17)23)16-7-5-6-8-18(16)26/h5-8,12,15,22,26-28,30H,1,9-11,13H2,2-4H3/t15-,22+/m1/s1. The molecule has 2 aromatic rings. The molecule has 2 atom stereocenters. The Balaban J connectivity index is 2.01. The highest BCUT2D eigenvalue weighted by atomic mass is 16.5. The van der Waals surface area contributed by atoms with Crippen molar-refractivity contribution >= 4 is 5.78 Å². The maximum atomic E-state index is 12.9. The molecule has 3 rings (SSSR count). The average Bonchev–Trinajstić information content (AvgIpc) is 2.65. The molecule has 4 N–H and O–H groups in total. The number of para-hydroxylation sites is 1. The number of fused-ring (bicyclic) bond motifs is 1. The van der Waals surface area contributed by atoms with Crippen LogP contribution in [0, 0.1) is 5.92 Å². The fourth-order valence-electron chi connectivity index (χ4n) is 3.95. The number of ether oxygens (including phenoxy) is 1. The van der Waals surface area contributed by atoms with E-state index in [1.165, 1.54) is 12.1 Å². The first-order valence-electron chi connectivity index (χ1n) is 10.4. The third-order valence-corrected chi connectivity index (χ3v) is 5.79. The number of phenolic OH excluding ortho intramolecular Hbond substituents is 3. The molecule has 0 bridgehead atoms. The first kappa shape index (κ1) is 22.7. The van der Waals surface area contributed by atoms with Gasteiger partial charge in [-0.3, -0.25) is 4.79 Å². The van der Waals surface area contributed by atoms with Crippen molar-refractivity contribution in [1.82, 2.24) is 0 Å². The van der Waals surface area contributed by atoms with Gasteiger partial charge in [-0.15, -0.1) is 0 Å². The van der Waals surface area contributed by atoms with E-state index in [2.05, 4.69) is 6.58 Å². The lowest BCUT2D eigenvalue weighted by Crippen LogP contribution is -2.23. The Bertz CT molecular complexity index is 1000. The molecule has 0 aromatic heterocycles. The molecule has 0 spiro atoms. The van der Waals surface area contributed by atoms with Crippen LogP contribution >= 0.6 is 0 Å². The first-order valence-corrected chi connectivity index (χ1v) is 10.4. The van der Waals surface area contributed by atoms with E-state index in [1.54, 1.807) is 32.0 Å². The van der Waals surface area contributed by atoms with Crippen molar-refractivity contribution < 1.29 is 30.0 Å². The number of rotatable bonds is 7. The molecular formula is C25H30O6. The lowest BCUT2D eigenvalue weighted by Gasteiger charge is -2.30. The maximum absolute atomic E-state index is 12.9. The zero-order valence-electron chi connectivity index (χ0n) is 18.2. The SMILES string of the molecule is C=C(C)[C@H](CCC(C)(C)O)Cc1c(O)cc(O)c2c1O[C@H](c1ccccc1O)CC2=O. The average molecular weight is 427 g/mol. The van der Waals surface area contributed by atoms with Gasteiger partial charge in [0.1, 0.15) is 34.7 Å². The number of benzene rings is 2. The third-order valence-electron chi connectivity index (χ3n) is 5.79. The number of hydrogen-bond donors (Lipinski definition) is 4. The second-order valence-electron chi connectivity index (χ2n) is 8.99. The zero-order chi connectivity index (χ0) is 22.9. The molecule has 1 aliphatic rings. The minimum atomic E-state index is -0.841. The van der Waals surface area contributed by atoms with Gasteiger partial charge in [0.2, 0.25) is 0 Å². The van der Waals surface area contributed by atoms with Crippen LogP contribution in [0.25, 0.3) is 0 Å². The van der Waals surface area contributed by atoms with E-state index in [0.29, 0.717) is 30.4 Å². The third kappa shape index (κ3) is 5.02. The van der Waals surface area contributed by atoms with Crippen LogP contribution in [-0.2, 0) is 6.42 Å². The summed E-state index contributed by atoms with van der Waals surface area (Å²) < 4.78 is 6.11. The van der Waals surface area contributed by atoms with Crippen molar-refractivity contribution in [2.24, 2.45) is 5.92 Å². The number of phenols is 3. The van der Waals surface area contributed by atoms with Gasteiger partial charge >= 0.3 is 0 Å². The topological polar surface area (TPSA) is 107 Å². The van der Waals surface area contributed by atoms with Crippen molar-refractivity contribution in [3.8, 4) is 23.0 Å². The quantitative estimate of drug-likeness (QED) is 0.474. The van der Waals surface area contributed by atoms with Crippen LogP contribution in [0.5, 0.6) is 23.0 Å². The van der Waals surface area contributed by atoms with Crippen LogP contribution < -0.4 is 4.74 Å². The van der Waals surface area contributed by atoms with Gasteiger partial charge in [0, 0.05) is 17.2 Å².